The molecule has 2 heterocycles. The van der Waals surface area contributed by atoms with Gasteiger partial charge in [0.1, 0.15) is 11.3 Å². The van der Waals surface area contributed by atoms with Crippen molar-refractivity contribution >= 4 is 11.0 Å². The van der Waals surface area contributed by atoms with E-state index in [4.69, 9.17) is 4.42 Å². The van der Waals surface area contributed by atoms with Crippen molar-refractivity contribution in [1.82, 2.24) is 0 Å². The summed E-state index contributed by atoms with van der Waals surface area (Å²) in [6.45, 7) is 0. The van der Waals surface area contributed by atoms with Gasteiger partial charge in [-0.05, 0) is 18.4 Å². The predicted molar refractivity (Wildman–Crippen MR) is 54.6 cm³/mol. The molecule has 1 saturated carbocycles. The number of rotatable bonds is 3. The van der Waals surface area contributed by atoms with E-state index in [0.717, 1.165) is 33.8 Å². The summed E-state index contributed by atoms with van der Waals surface area (Å²) < 4.78 is 6.73. The van der Waals surface area contributed by atoms with E-state index in [0.29, 0.717) is 0 Å². The molecule has 1 fully saturated rings. The van der Waals surface area contributed by atoms with Crippen molar-refractivity contribution in [2.45, 2.75) is 25.7 Å². The Bertz CT molecular complexity index is 485. The number of furan rings is 1. The highest BCUT2D eigenvalue weighted by Gasteiger charge is 2.21. The van der Waals surface area contributed by atoms with E-state index in [1.54, 1.807) is 18.5 Å². The van der Waals surface area contributed by atoms with Gasteiger partial charge in [-0.25, -0.2) is 0 Å². The van der Waals surface area contributed by atoms with Crippen LogP contribution in [-0.4, -0.2) is 5.21 Å². The smallest absolute Gasteiger partial charge is 0.233 e. The zero-order valence-corrected chi connectivity index (χ0v) is 8.52. The molecule has 0 saturated heterocycles. The lowest BCUT2D eigenvalue weighted by Gasteiger charge is -1.92. The van der Waals surface area contributed by atoms with Gasteiger partial charge in [-0.3, -0.25) is 5.21 Å². The standard InChI is InChI=1S/C12H14NO2/c14-13-6-5-12-10(8-13)7-11(15-12)4-3-9-1-2-9/h5-9,14H,1-4H2/q+1. The lowest BCUT2D eigenvalue weighted by molar-refractivity contribution is -0.904. The van der Waals surface area contributed by atoms with Gasteiger partial charge in [-0.1, -0.05) is 12.8 Å². The molecule has 0 radical (unpaired) electrons. The second-order valence-electron chi connectivity index (χ2n) is 4.34. The van der Waals surface area contributed by atoms with Gasteiger partial charge in [0.15, 0.2) is 0 Å². The van der Waals surface area contributed by atoms with Crippen LogP contribution in [0.3, 0.4) is 0 Å². The van der Waals surface area contributed by atoms with Crippen LogP contribution in [0, 0.1) is 5.92 Å². The first kappa shape index (κ1) is 8.77. The molecule has 3 heteroatoms. The van der Waals surface area contributed by atoms with Crippen LogP contribution in [-0.2, 0) is 6.42 Å². The third kappa shape index (κ3) is 1.82. The molecule has 0 amide bonds. The van der Waals surface area contributed by atoms with Crippen LogP contribution in [0.2, 0.25) is 0 Å². The third-order valence-corrected chi connectivity index (χ3v) is 2.99. The molecule has 2 aromatic rings. The summed E-state index contributed by atoms with van der Waals surface area (Å²) in [6, 6.07) is 3.81. The van der Waals surface area contributed by atoms with Gasteiger partial charge in [0.2, 0.25) is 12.4 Å². The Balaban J connectivity index is 1.84. The van der Waals surface area contributed by atoms with Gasteiger partial charge < -0.3 is 4.42 Å². The van der Waals surface area contributed by atoms with Crippen LogP contribution in [0.15, 0.2) is 28.9 Å². The first-order chi connectivity index (χ1) is 7.31. The van der Waals surface area contributed by atoms with Crippen LogP contribution >= 0.6 is 0 Å². The number of pyridine rings is 1. The molecule has 3 rings (SSSR count). The maximum atomic E-state index is 9.24. The van der Waals surface area contributed by atoms with E-state index in [2.05, 4.69) is 0 Å². The summed E-state index contributed by atoms with van der Waals surface area (Å²) in [4.78, 5) is 0. The molecule has 0 aliphatic heterocycles. The third-order valence-electron chi connectivity index (χ3n) is 2.99. The van der Waals surface area contributed by atoms with Gasteiger partial charge in [-0.2, -0.15) is 0 Å². The summed E-state index contributed by atoms with van der Waals surface area (Å²) in [5, 5.41) is 10.2. The van der Waals surface area contributed by atoms with E-state index in [1.165, 1.54) is 19.3 Å². The number of hydrogen-bond donors (Lipinski definition) is 1. The highest BCUT2D eigenvalue weighted by molar-refractivity contribution is 5.75. The zero-order chi connectivity index (χ0) is 10.3. The zero-order valence-electron chi connectivity index (χ0n) is 8.52. The fourth-order valence-corrected chi connectivity index (χ4v) is 1.91. The minimum Gasteiger partial charge on any atom is -0.461 e. The molecule has 1 aliphatic carbocycles. The lowest BCUT2D eigenvalue weighted by Crippen LogP contribution is -2.27. The number of fused-ring (bicyclic) bond motifs is 1. The highest BCUT2D eigenvalue weighted by Crippen LogP contribution is 2.34. The molecule has 0 spiro atoms. The minimum atomic E-state index is 0.853. The maximum absolute atomic E-state index is 9.24. The molecule has 0 aromatic carbocycles. The van der Waals surface area contributed by atoms with Crippen LogP contribution in [0.4, 0.5) is 0 Å². The fourth-order valence-electron chi connectivity index (χ4n) is 1.91. The van der Waals surface area contributed by atoms with E-state index >= 15 is 0 Å². The number of aryl methyl sites for hydroxylation is 1. The van der Waals surface area contributed by atoms with Crippen molar-refractivity contribution in [2.24, 2.45) is 5.92 Å². The monoisotopic (exact) mass is 204 g/mol. The average Bonchev–Trinajstić information content (AvgIpc) is 2.95. The molecular formula is C12H14NO2+. The first-order valence-electron chi connectivity index (χ1n) is 5.44. The van der Waals surface area contributed by atoms with Gasteiger partial charge in [0.05, 0.1) is 11.5 Å². The Morgan fingerprint density at radius 1 is 1.47 bits per heavy atom. The normalized spacial score (nSPS) is 16.0. The predicted octanol–water partition coefficient (Wildman–Crippen LogP) is 2.30. The number of aromatic nitrogens is 1. The quantitative estimate of drug-likeness (QED) is 0.615. The Hall–Kier alpha value is -1.51. The highest BCUT2D eigenvalue weighted by atomic mass is 16.5. The largest absolute Gasteiger partial charge is 0.461 e. The van der Waals surface area contributed by atoms with E-state index < -0.39 is 0 Å². The van der Waals surface area contributed by atoms with Crippen molar-refractivity contribution < 1.29 is 14.4 Å². The molecule has 1 N–H and O–H groups in total. The van der Waals surface area contributed by atoms with Crippen molar-refractivity contribution in [3.63, 3.8) is 0 Å². The summed E-state index contributed by atoms with van der Waals surface area (Å²) >= 11 is 0. The van der Waals surface area contributed by atoms with Crippen LogP contribution in [0.1, 0.15) is 25.0 Å². The summed E-state index contributed by atoms with van der Waals surface area (Å²) in [6.07, 6.45) is 8.27. The van der Waals surface area contributed by atoms with Crippen molar-refractivity contribution in [2.75, 3.05) is 0 Å². The second-order valence-corrected chi connectivity index (χ2v) is 4.34. The van der Waals surface area contributed by atoms with Gasteiger partial charge in [0, 0.05) is 11.2 Å². The van der Waals surface area contributed by atoms with Crippen molar-refractivity contribution in [3.05, 3.63) is 30.3 Å². The summed E-state index contributed by atoms with van der Waals surface area (Å²) in [5.41, 5.74) is 0.853. The number of hydrogen-bond acceptors (Lipinski definition) is 2. The van der Waals surface area contributed by atoms with Crippen LogP contribution in [0.5, 0.6) is 0 Å². The van der Waals surface area contributed by atoms with E-state index in [1.807, 2.05) is 6.07 Å². The molecule has 0 bridgehead atoms. The number of nitrogens with zero attached hydrogens (tertiary/aromatic N) is 1. The molecule has 78 valence electrons. The lowest BCUT2D eigenvalue weighted by atomic mass is 10.2. The van der Waals surface area contributed by atoms with Gasteiger partial charge >= 0.3 is 0 Å². The average molecular weight is 204 g/mol. The van der Waals surface area contributed by atoms with Crippen molar-refractivity contribution in [3.8, 4) is 0 Å². The van der Waals surface area contributed by atoms with Gasteiger partial charge in [-0.15, -0.1) is 0 Å². The molecular weight excluding hydrogens is 190 g/mol. The SMILES string of the molecule is O[n+]1ccc2oc(CCC3CC3)cc2c1. The van der Waals surface area contributed by atoms with E-state index in [9.17, 15) is 5.21 Å². The van der Waals surface area contributed by atoms with Gasteiger partial charge in [0.25, 0.3) is 0 Å². The molecule has 2 aromatic heterocycles. The fraction of sp³-hybridized carbons (Fsp3) is 0.417. The first-order valence-corrected chi connectivity index (χ1v) is 5.44. The molecule has 15 heavy (non-hydrogen) atoms. The van der Waals surface area contributed by atoms with Crippen molar-refractivity contribution in [1.29, 1.82) is 0 Å². The Morgan fingerprint density at radius 3 is 3.13 bits per heavy atom. The molecule has 0 atom stereocenters. The Morgan fingerprint density at radius 2 is 2.33 bits per heavy atom. The maximum Gasteiger partial charge on any atom is 0.233 e. The Labute approximate surface area is 87.9 Å². The van der Waals surface area contributed by atoms with Crippen LogP contribution < -0.4 is 4.73 Å². The summed E-state index contributed by atoms with van der Waals surface area (Å²) in [5.74, 6) is 1.96. The topological polar surface area (TPSA) is 37.2 Å². The second kappa shape index (κ2) is 3.26. The molecule has 1 aliphatic rings. The summed E-state index contributed by atoms with van der Waals surface area (Å²) in [7, 11) is 0. The van der Waals surface area contributed by atoms with E-state index in [-0.39, 0.29) is 0 Å². The van der Waals surface area contributed by atoms with Crippen LogP contribution in [0.25, 0.3) is 11.0 Å². The Kier molecular flexibility index (Phi) is 1.91. The molecule has 3 nitrogen and oxygen atoms in total. The molecule has 0 unspecified atom stereocenters. The minimum absolute atomic E-state index is 0.853.